The molecule has 0 aromatic heterocycles. The maximum Gasteiger partial charge on any atom is 0.0121 e. The summed E-state index contributed by atoms with van der Waals surface area (Å²) in [6.45, 7) is 10.0. The third-order valence-electron chi connectivity index (χ3n) is 4.77. The van der Waals surface area contributed by atoms with E-state index in [1.165, 1.54) is 64.7 Å². The number of nitrogens with zero attached hydrogens (tertiary/aromatic N) is 1. The Labute approximate surface area is 107 Å². The molecule has 2 saturated heterocycles. The van der Waals surface area contributed by atoms with Gasteiger partial charge in [-0.3, -0.25) is 4.90 Å². The van der Waals surface area contributed by atoms with E-state index in [9.17, 15) is 0 Å². The maximum atomic E-state index is 3.48. The van der Waals surface area contributed by atoms with Crippen LogP contribution in [0.5, 0.6) is 0 Å². The van der Waals surface area contributed by atoms with Crippen molar-refractivity contribution >= 4 is 0 Å². The Hall–Kier alpha value is -0.0800. The van der Waals surface area contributed by atoms with Crippen molar-refractivity contribution < 1.29 is 0 Å². The van der Waals surface area contributed by atoms with Gasteiger partial charge in [-0.25, -0.2) is 0 Å². The van der Waals surface area contributed by atoms with Gasteiger partial charge in [-0.2, -0.15) is 0 Å². The van der Waals surface area contributed by atoms with Crippen molar-refractivity contribution in [3.05, 3.63) is 0 Å². The van der Waals surface area contributed by atoms with Crippen LogP contribution >= 0.6 is 0 Å². The lowest BCUT2D eigenvalue weighted by Gasteiger charge is -2.42. The smallest absolute Gasteiger partial charge is 0.0121 e. The summed E-state index contributed by atoms with van der Waals surface area (Å²) in [6.07, 6.45) is 8.41. The molecule has 2 fully saturated rings. The van der Waals surface area contributed by atoms with Crippen LogP contribution in [0.15, 0.2) is 0 Å². The summed E-state index contributed by atoms with van der Waals surface area (Å²) in [4.78, 5) is 2.83. The van der Waals surface area contributed by atoms with Crippen LogP contribution in [0.25, 0.3) is 0 Å². The fourth-order valence-corrected chi connectivity index (χ4v) is 3.72. The summed E-state index contributed by atoms with van der Waals surface area (Å²) in [5.74, 6) is 1.88. The summed E-state index contributed by atoms with van der Waals surface area (Å²) in [5, 5.41) is 3.48. The third kappa shape index (κ3) is 3.69. The topological polar surface area (TPSA) is 15.3 Å². The maximum absolute atomic E-state index is 3.48. The Bertz CT molecular complexity index is 211. The predicted octanol–water partition coefficient (Wildman–Crippen LogP) is 2.89. The van der Waals surface area contributed by atoms with E-state index in [1.54, 1.807) is 0 Å². The first-order valence-corrected chi connectivity index (χ1v) is 7.76. The molecule has 0 aromatic rings. The molecule has 2 heteroatoms. The molecule has 0 aromatic carbocycles. The van der Waals surface area contributed by atoms with Crippen LogP contribution < -0.4 is 5.32 Å². The molecule has 100 valence electrons. The van der Waals surface area contributed by atoms with Crippen LogP contribution in [0.2, 0.25) is 0 Å². The zero-order valence-corrected chi connectivity index (χ0v) is 11.8. The summed E-state index contributed by atoms with van der Waals surface area (Å²) in [6, 6.07) is 0.878. The lowest BCUT2D eigenvalue weighted by Crippen LogP contribution is -2.47. The molecule has 2 unspecified atom stereocenters. The van der Waals surface area contributed by atoms with Crippen LogP contribution in [0.1, 0.15) is 52.4 Å². The first-order valence-electron chi connectivity index (χ1n) is 7.76. The Morgan fingerprint density at radius 3 is 2.65 bits per heavy atom. The van der Waals surface area contributed by atoms with Gasteiger partial charge < -0.3 is 5.32 Å². The van der Waals surface area contributed by atoms with Crippen molar-refractivity contribution in [2.75, 3.05) is 26.2 Å². The molecule has 2 heterocycles. The molecule has 0 radical (unpaired) electrons. The minimum atomic E-state index is 0.878. The van der Waals surface area contributed by atoms with E-state index in [1.807, 2.05) is 0 Å². The van der Waals surface area contributed by atoms with Crippen molar-refractivity contribution in [1.29, 1.82) is 0 Å². The molecule has 17 heavy (non-hydrogen) atoms. The average molecular weight is 238 g/mol. The Morgan fingerprint density at radius 1 is 1.18 bits per heavy atom. The highest BCUT2D eigenvalue weighted by Crippen LogP contribution is 2.28. The number of hydrogen-bond acceptors (Lipinski definition) is 2. The third-order valence-corrected chi connectivity index (χ3v) is 4.77. The van der Waals surface area contributed by atoms with Gasteiger partial charge in [0.05, 0.1) is 0 Å². The van der Waals surface area contributed by atoms with E-state index in [2.05, 4.69) is 24.1 Å². The SMILES string of the molecule is CCCC1C(C)CCCN1CC1CCNCC1. The van der Waals surface area contributed by atoms with Gasteiger partial charge in [0.2, 0.25) is 0 Å². The van der Waals surface area contributed by atoms with Crippen LogP contribution in [0.3, 0.4) is 0 Å². The van der Waals surface area contributed by atoms with Gasteiger partial charge in [-0.15, -0.1) is 0 Å². The van der Waals surface area contributed by atoms with Gasteiger partial charge in [0.15, 0.2) is 0 Å². The van der Waals surface area contributed by atoms with Crippen molar-refractivity contribution in [3.8, 4) is 0 Å². The monoisotopic (exact) mass is 238 g/mol. The number of piperidine rings is 2. The molecular weight excluding hydrogens is 208 g/mol. The van der Waals surface area contributed by atoms with Crippen molar-refractivity contribution in [2.45, 2.75) is 58.4 Å². The first-order chi connectivity index (χ1) is 8.31. The van der Waals surface area contributed by atoms with E-state index in [4.69, 9.17) is 0 Å². The highest BCUT2D eigenvalue weighted by molar-refractivity contribution is 4.84. The molecule has 0 amide bonds. The van der Waals surface area contributed by atoms with E-state index >= 15 is 0 Å². The molecule has 0 spiro atoms. The van der Waals surface area contributed by atoms with Crippen LogP contribution in [-0.4, -0.2) is 37.1 Å². The van der Waals surface area contributed by atoms with E-state index < -0.39 is 0 Å². The predicted molar refractivity (Wildman–Crippen MR) is 74.3 cm³/mol. The zero-order chi connectivity index (χ0) is 12.1. The van der Waals surface area contributed by atoms with Crippen molar-refractivity contribution in [3.63, 3.8) is 0 Å². The molecule has 0 aliphatic carbocycles. The van der Waals surface area contributed by atoms with E-state index in [-0.39, 0.29) is 0 Å². The van der Waals surface area contributed by atoms with Gasteiger partial charge in [-0.05, 0) is 63.6 Å². The van der Waals surface area contributed by atoms with Gasteiger partial charge in [0.1, 0.15) is 0 Å². The summed E-state index contributed by atoms with van der Waals surface area (Å²) in [5.41, 5.74) is 0. The molecular formula is C15H30N2. The summed E-state index contributed by atoms with van der Waals surface area (Å²) < 4.78 is 0. The Morgan fingerprint density at radius 2 is 1.94 bits per heavy atom. The standard InChI is InChI=1S/C15H30N2/c1-3-5-15-13(2)6-4-11-17(15)12-14-7-9-16-10-8-14/h13-16H,3-12H2,1-2H3. The highest BCUT2D eigenvalue weighted by Gasteiger charge is 2.29. The largest absolute Gasteiger partial charge is 0.317 e. The minimum Gasteiger partial charge on any atom is -0.317 e. The second-order valence-electron chi connectivity index (χ2n) is 6.16. The summed E-state index contributed by atoms with van der Waals surface area (Å²) in [7, 11) is 0. The molecule has 2 nitrogen and oxygen atoms in total. The molecule has 0 bridgehead atoms. The molecule has 2 aliphatic heterocycles. The molecule has 2 aliphatic rings. The second kappa shape index (κ2) is 6.75. The molecule has 2 rings (SSSR count). The number of rotatable bonds is 4. The Kier molecular flexibility index (Phi) is 5.30. The van der Waals surface area contributed by atoms with Gasteiger partial charge in [0, 0.05) is 12.6 Å². The normalized spacial score (nSPS) is 32.8. The van der Waals surface area contributed by atoms with Crippen LogP contribution in [-0.2, 0) is 0 Å². The average Bonchev–Trinajstić information content (AvgIpc) is 2.35. The van der Waals surface area contributed by atoms with Gasteiger partial charge in [-0.1, -0.05) is 20.3 Å². The first kappa shape index (κ1) is 13.4. The number of nitrogens with one attached hydrogen (secondary N) is 1. The quantitative estimate of drug-likeness (QED) is 0.810. The lowest BCUT2D eigenvalue weighted by atomic mass is 9.86. The fraction of sp³-hybridized carbons (Fsp3) is 1.00. The van der Waals surface area contributed by atoms with E-state index in [0.717, 1.165) is 17.9 Å². The van der Waals surface area contributed by atoms with Crippen LogP contribution in [0.4, 0.5) is 0 Å². The van der Waals surface area contributed by atoms with E-state index in [0.29, 0.717) is 0 Å². The Balaban J connectivity index is 1.86. The van der Waals surface area contributed by atoms with Crippen molar-refractivity contribution in [1.82, 2.24) is 10.2 Å². The molecule has 2 atom stereocenters. The van der Waals surface area contributed by atoms with Gasteiger partial charge >= 0.3 is 0 Å². The number of hydrogen-bond donors (Lipinski definition) is 1. The second-order valence-corrected chi connectivity index (χ2v) is 6.16. The van der Waals surface area contributed by atoms with Crippen molar-refractivity contribution in [2.24, 2.45) is 11.8 Å². The zero-order valence-electron chi connectivity index (χ0n) is 11.8. The summed E-state index contributed by atoms with van der Waals surface area (Å²) >= 11 is 0. The highest BCUT2D eigenvalue weighted by atomic mass is 15.2. The molecule has 1 N–H and O–H groups in total. The molecule has 0 saturated carbocycles. The fourth-order valence-electron chi connectivity index (χ4n) is 3.72. The number of likely N-dealkylation sites (tertiary alicyclic amines) is 1. The lowest BCUT2D eigenvalue weighted by molar-refractivity contribution is 0.0711. The minimum absolute atomic E-state index is 0.878. The van der Waals surface area contributed by atoms with Crippen LogP contribution in [0, 0.1) is 11.8 Å². The van der Waals surface area contributed by atoms with Gasteiger partial charge in [0.25, 0.3) is 0 Å².